The van der Waals surface area contributed by atoms with Crippen LogP contribution in [0, 0.1) is 0 Å². The van der Waals surface area contributed by atoms with E-state index in [9.17, 15) is 9.59 Å². The minimum atomic E-state index is -0.367. The molecule has 0 spiro atoms. The Bertz CT molecular complexity index is 1660. The van der Waals surface area contributed by atoms with Gasteiger partial charge in [-0.15, -0.1) is 0 Å². The number of hydrogen-bond donors (Lipinski definition) is 1. The van der Waals surface area contributed by atoms with E-state index >= 15 is 0 Å². The quantitative estimate of drug-likeness (QED) is 0.268. The van der Waals surface area contributed by atoms with Crippen molar-refractivity contribution in [3.63, 3.8) is 0 Å². The molecule has 0 bridgehead atoms. The summed E-state index contributed by atoms with van der Waals surface area (Å²) in [7, 11) is 1.36. The van der Waals surface area contributed by atoms with Crippen LogP contribution in [0.3, 0.4) is 0 Å². The van der Waals surface area contributed by atoms with Crippen molar-refractivity contribution in [1.29, 1.82) is 0 Å². The summed E-state index contributed by atoms with van der Waals surface area (Å²) in [6.45, 7) is 1.55. The summed E-state index contributed by atoms with van der Waals surface area (Å²) in [6, 6.07) is 16.7. The Morgan fingerprint density at radius 2 is 1.87 bits per heavy atom. The zero-order valence-electron chi connectivity index (χ0n) is 21.4. The number of halogens is 1. The standard InChI is InChI=1S/C29H27ClN6O3/c1-39-29(38)19-36-27-8-6-23(30)12-25(27)26(34-36)17-32-15-22-11-21(13-31-14-22)10-20-5-7-24(33-16-20)18-35-9-3-2-4-28(35)37/h2-9,11-14,16,32H,10,15,17-19H2,1H3. The van der Waals surface area contributed by atoms with E-state index in [1.165, 1.54) is 7.11 Å². The molecule has 4 heterocycles. The number of aromatic nitrogens is 5. The summed E-state index contributed by atoms with van der Waals surface area (Å²) in [5.74, 6) is -0.367. The van der Waals surface area contributed by atoms with Gasteiger partial charge in [-0.25, -0.2) is 0 Å². The molecule has 0 unspecified atom stereocenters. The number of pyridine rings is 3. The highest BCUT2D eigenvalue weighted by atomic mass is 35.5. The number of methoxy groups -OCH3 is 1. The Hall–Kier alpha value is -4.34. The van der Waals surface area contributed by atoms with Gasteiger partial charge in [0.15, 0.2) is 0 Å². The molecule has 1 aromatic carbocycles. The van der Waals surface area contributed by atoms with Crippen LogP contribution in [0.1, 0.15) is 28.1 Å². The van der Waals surface area contributed by atoms with Gasteiger partial charge in [-0.1, -0.05) is 29.8 Å². The molecule has 0 amide bonds. The minimum absolute atomic E-state index is 0.0290. The van der Waals surface area contributed by atoms with E-state index in [1.54, 1.807) is 33.6 Å². The SMILES string of the molecule is COC(=O)Cn1nc(CNCc2cncc(Cc3ccc(Cn4ccccc4=O)nc3)c2)c2cc(Cl)ccc21. The number of nitrogens with one attached hydrogen (secondary N) is 1. The predicted octanol–water partition coefficient (Wildman–Crippen LogP) is 3.74. The molecule has 0 saturated carbocycles. The van der Waals surface area contributed by atoms with E-state index in [2.05, 4.69) is 26.4 Å². The Kier molecular flexibility index (Phi) is 8.10. The average Bonchev–Trinajstić information content (AvgIpc) is 3.27. The maximum Gasteiger partial charge on any atom is 0.327 e. The second-order valence-corrected chi connectivity index (χ2v) is 9.58. The second kappa shape index (κ2) is 12.0. The van der Waals surface area contributed by atoms with E-state index in [0.29, 0.717) is 31.1 Å². The molecule has 9 nitrogen and oxygen atoms in total. The van der Waals surface area contributed by atoms with Gasteiger partial charge in [-0.3, -0.25) is 24.2 Å². The van der Waals surface area contributed by atoms with Gasteiger partial charge >= 0.3 is 5.97 Å². The topological polar surface area (TPSA) is 104 Å². The number of benzene rings is 1. The summed E-state index contributed by atoms with van der Waals surface area (Å²) in [4.78, 5) is 32.7. The van der Waals surface area contributed by atoms with Crippen molar-refractivity contribution in [3.05, 3.63) is 123 Å². The summed E-state index contributed by atoms with van der Waals surface area (Å²) in [5, 5.41) is 9.53. The van der Waals surface area contributed by atoms with E-state index in [-0.39, 0.29) is 18.1 Å². The monoisotopic (exact) mass is 542 g/mol. The molecular weight excluding hydrogens is 516 g/mol. The molecule has 0 aliphatic rings. The normalized spacial score (nSPS) is 11.1. The van der Waals surface area contributed by atoms with Crippen LogP contribution in [0.2, 0.25) is 5.02 Å². The van der Waals surface area contributed by atoms with Crippen molar-refractivity contribution in [3.8, 4) is 0 Å². The van der Waals surface area contributed by atoms with Gasteiger partial charge in [0.25, 0.3) is 5.56 Å². The largest absolute Gasteiger partial charge is 0.468 e. The summed E-state index contributed by atoms with van der Waals surface area (Å²) in [5.41, 5.74) is 5.56. The predicted molar refractivity (Wildman–Crippen MR) is 148 cm³/mol. The highest BCUT2D eigenvalue weighted by Gasteiger charge is 2.14. The van der Waals surface area contributed by atoms with Crippen molar-refractivity contribution in [2.45, 2.75) is 32.6 Å². The lowest BCUT2D eigenvalue weighted by molar-refractivity contribution is -0.141. The first-order chi connectivity index (χ1) is 19.0. The molecule has 4 aromatic heterocycles. The molecule has 1 N–H and O–H groups in total. The molecule has 0 radical (unpaired) electrons. The van der Waals surface area contributed by atoms with Crippen LogP contribution in [0.25, 0.3) is 10.9 Å². The highest BCUT2D eigenvalue weighted by molar-refractivity contribution is 6.31. The number of fused-ring (bicyclic) bond motifs is 1. The van der Waals surface area contributed by atoms with Crippen molar-refractivity contribution in [1.82, 2.24) is 29.6 Å². The van der Waals surface area contributed by atoms with Gasteiger partial charge < -0.3 is 14.6 Å². The Morgan fingerprint density at radius 3 is 2.67 bits per heavy atom. The molecule has 10 heteroatoms. The van der Waals surface area contributed by atoms with Crippen molar-refractivity contribution < 1.29 is 9.53 Å². The van der Waals surface area contributed by atoms with Gasteiger partial charge in [-0.05, 0) is 47.0 Å². The third-order valence-electron chi connectivity index (χ3n) is 6.29. The van der Waals surface area contributed by atoms with E-state index in [1.807, 2.05) is 48.9 Å². The number of rotatable bonds is 10. The first-order valence-electron chi connectivity index (χ1n) is 12.4. The summed E-state index contributed by atoms with van der Waals surface area (Å²) >= 11 is 6.22. The van der Waals surface area contributed by atoms with Gasteiger partial charge in [-0.2, -0.15) is 5.10 Å². The van der Waals surface area contributed by atoms with Gasteiger partial charge in [0, 0.05) is 60.8 Å². The average molecular weight is 543 g/mol. The smallest absolute Gasteiger partial charge is 0.327 e. The Labute approximate surface area is 230 Å². The first-order valence-corrected chi connectivity index (χ1v) is 12.8. The third-order valence-corrected chi connectivity index (χ3v) is 6.53. The summed E-state index contributed by atoms with van der Waals surface area (Å²) < 4.78 is 8.06. The van der Waals surface area contributed by atoms with Crippen LogP contribution in [-0.2, 0) is 42.1 Å². The molecule has 0 aliphatic heterocycles. The van der Waals surface area contributed by atoms with Crippen LogP contribution in [-0.4, -0.2) is 37.4 Å². The van der Waals surface area contributed by atoms with Crippen molar-refractivity contribution in [2.24, 2.45) is 0 Å². The number of esters is 1. The third kappa shape index (κ3) is 6.57. The minimum Gasteiger partial charge on any atom is -0.468 e. The fraction of sp³-hybridized carbons (Fsp3) is 0.207. The van der Waals surface area contributed by atoms with Gasteiger partial charge in [0.05, 0.1) is 30.6 Å². The molecular formula is C29H27ClN6O3. The van der Waals surface area contributed by atoms with Crippen LogP contribution in [0.4, 0.5) is 0 Å². The van der Waals surface area contributed by atoms with E-state index in [4.69, 9.17) is 16.3 Å². The van der Waals surface area contributed by atoms with E-state index in [0.717, 1.165) is 39.0 Å². The first kappa shape index (κ1) is 26.3. The zero-order chi connectivity index (χ0) is 27.2. The van der Waals surface area contributed by atoms with Crippen LogP contribution in [0.15, 0.2) is 84.2 Å². The fourth-order valence-electron chi connectivity index (χ4n) is 4.37. The zero-order valence-corrected chi connectivity index (χ0v) is 22.1. The number of hydrogen-bond acceptors (Lipinski definition) is 7. The lowest BCUT2D eigenvalue weighted by atomic mass is 10.1. The van der Waals surface area contributed by atoms with Crippen LogP contribution in [0.5, 0.6) is 0 Å². The van der Waals surface area contributed by atoms with Crippen LogP contribution < -0.4 is 10.9 Å². The second-order valence-electron chi connectivity index (χ2n) is 9.15. The molecule has 39 heavy (non-hydrogen) atoms. The molecule has 5 rings (SSSR count). The maximum absolute atomic E-state index is 11.9. The van der Waals surface area contributed by atoms with Crippen molar-refractivity contribution in [2.75, 3.05) is 7.11 Å². The lowest BCUT2D eigenvalue weighted by Gasteiger charge is -2.08. The number of carbonyl (C=O) groups excluding carboxylic acids is 1. The molecule has 0 fully saturated rings. The number of carbonyl (C=O) groups is 1. The van der Waals surface area contributed by atoms with Gasteiger partial charge in [0.1, 0.15) is 6.54 Å². The molecule has 5 aromatic rings. The number of nitrogens with zero attached hydrogens (tertiary/aromatic N) is 5. The lowest BCUT2D eigenvalue weighted by Crippen LogP contribution is -2.18. The summed E-state index contributed by atoms with van der Waals surface area (Å²) in [6.07, 6.45) is 7.98. The Balaban J connectivity index is 1.21. The fourth-order valence-corrected chi connectivity index (χ4v) is 4.54. The van der Waals surface area contributed by atoms with Gasteiger partial charge in [0.2, 0.25) is 0 Å². The highest BCUT2D eigenvalue weighted by Crippen LogP contribution is 2.23. The number of ether oxygens (including phenoxy) is 1. The molecule has 0 aliphatic carbocycles. The molecule has 198 valence electrons. The Morgan fingerprint density at radius 1 is 1.00 bits per heavy atom. The van der Waals surface area contributed by atoms with Crippen molar-refractivity contribution >= 4 is 28.5 Å². The molecule has 0 saturated heterocycles. The van der Waals surface area contributed by atoms with E-state index < -0.39 is 0 Å². The van der Waals surface area contributed by atoms with Crippen LogP contribution >= 0.6 is 11.6 Å². The molecule has 0 atom stereocenters. The maximum atomic E-state index is 11.9.